The van der Waals surface area contributed by atoms with Gasteiger partial charge in [0.25, 0.3) is 0 Å². The number of nitrogens with zero attached hydrogens (tertiary/aromatic N) is 2. The normalized spacial score (nSPS) is 12.0. The molecule has 0 aliphatic rings. The molecule has 1 unspecified atom stereocenters. The number of imidazole rings is 1. The zero-order valence-corrected chi connectivity index (χ0v) is 14.2. The van der Waals surface area contributed by atoms with Crippen LogP contribution in [0, 0.1) is 6.92 Å². The summed E-state index contributed by atoms with van der Waals surface area (Å²) in [6.07, 6.45) is 0.698. The van der Waals surface area contributed by atoms with Crippen molar-refractivity contribution in [1.82, 2.24) is 9.38 Å². The minimum absolute atomic E-state index is 0.170. The van der Waals surface area contributed by atoms with E-state index in [-0.39, 0.29) is 11.5 Å². The van der Waals surface area contributed by atoms with Crippen LogP contribution in [0.15, 0.2) is 48.7 Å². The molecule has 3 rings (SSSR count). The van der Waals surface area contributed by atoms with Crippen molar-refractivity contribution in [2.75, 3.05) is 7.11 Å². The maximum absolute atomic E-state index is 12.4. The van der Waals surface area contributed by atoms with Crippen LogP contribution in [0.1, 0.15) is 33.5 Å². The van der Waals surface area contributed by atoms with Crippen LogP contribution in [0.25, 0.3) is 5.65 Å². The third kappa shape index (κ3) is 3.38. The molecule has 6 heteroatoms. The predicted octanol–water partition coefficient (Wildman–Crippen LogP) is 3.08. The van der Waals surface area contributed by atoms with E-state index in [2.05, 4.69) is 4.98 Å². The summed E-state index contributed by atoms with van der Waals surface area (Å²) in [6, 6.07) is 12.2. The first-order valence-electron chi connectivity index (χ1n) is 7.83. The number of aromatic nitrogens is 2. The van der Waals surface area contributed by atoms with E-state index in [1.165, 1.54) is 0 Å². The smallest absolute Gasteiger partial charge is 0.359 e. The topological polar surface area (TPSA) is 69.9 Å². The molecule has 0 spiro atoms. The number of fused-ring (bicyclic) bond motifs is 1. The minimum atomic E-state index is -0.910. The first-order valence-corrected chi connectivity index (χ1v) is 7.83. The number of Topliss-reactive ketones (excluding diaryl/α,β-unsaturated/α-hetero) is 1. The highest BCUT2D eigenvalue weighted by Gasteiger charge is 2.22. The molecule has 1 atom stereocenters. The second kappa shape index (κ2) is 6.76. The molecular weight excluding hydrogens is 320 g/mol. The first-order chi connectivity index (χ1) is 12.0. The molecule has 2 aromatic heterocycles. The van der Waals surface area contributed by atoms with Crippen LogP contribution in [0.2, 0.25) is 0 Å². The van der Waals surface area contributed by atoms with Gasteiger partial charge in [-0.15, -0.1) is 0 Å². The van der Waals surface area contributed by atoms with Crippen LogP contribution < -0.4 is 4.74 Å². The first kappa shape index (κ1) is 16.7. The van der Waals surface area contributed by atoms with Crippen LogP contribution in [0.4, 0.5) is 0 Å². The van der Waals surface area contributed by atoms with Gasteiger partial charge < -0.3 is 13.9 Å². The largest absolute Gasteiger partial charge is 0.497 e. The summed E-state index contributed by atoms with van der Waals surface area (Å²) >= 11 is 0. The van der Waals surface area contributed by atoms with Crippen molar-refractivity contribution in [2.24, 2.45) is 0 Å². The maximum atomic E-state index is 12.4. The number of carbonyl (C=O) groups excluding carboxylic acids is 2. The lowest BCUT2D eigenvalue weighted by Gasteiger charge is -2.11. The third-order valence-corrected chi connectivity index (χ3v) is 3.93. The van der Waals surface area contributed by atoms with E-state index in [0.717, 1.165) is 5.69 Å². The molecule has 0 N–H and O–H groups in total. The van der Waals surface area contributed by atoms with Crippen molar-refractivity contribution >= 4 is 17.4 Å². The summed E-state index contributed by atoms with van der Waals surface area (Å²) < 4.78 is 12.1. The van der Waals surface area contributed by atoms with Gasteiger partial charge in [0.05, 0.1) is 7.11 Å². The second-order valence-corrected chi connectivity index (χ2v) is 5.66. The number of pyridine rings is 1. The van der Waals surface area contributed by atoms with Crippen molar-refractivity contribution in [1.29, 1.82) is 0 Å². The molecule has 6 nitrogen and oxygen atoms in total. The SMILES string of the molecule is COc1ccc(C(=O)C(C)OC(=O)c2cn3c(C)cccc3n2)cc1. The van der Waals surface area contributed by atoms with E-state index >= 15 is 0 Å². The fourth-order valence-electron chi connectivity index (χ4n) is 2.51. The summed E-state index contributed by atoms with van der Waals surface area (Å²) in [5.41, 5.74) is 2.23. The quantitative estimate of drug-likeness (QED) is 0.528. The van der Waals surface area contributed by atoms with Gasteiger partial charge >= 0.3 is 5.97 Å². The average Bonchev–Trinajstić information content (AvgIpc) is 3.07. The number of ketones is 1. The Morgan fingerprint density at radius 2 is 1.84 bits per heavy atom. The monoisotopic (exact) mass is 338 g/mol. The zero-order valence-electron chi connectivity index (χ0n) is 14.2. The van der Waals surface area contributed by atoms with Gasteiger partial charge in [-0.25, -0.2) is 9.78 Å². The number of carbonyl (C=O) groups is 2. The van der Waals surface area contributed by atoms with Crippen molar-refractivity contribution in [3.05, 3.63) is 65.6 Å². The molecule has 0 saturated heterocycles. The van der Waals surface area contributed by atoms with E-state index in [0.29, 0.717) is 17.0 Å². The number of ether oxygens (including phenoxy) is 2. The number of benzene rings is 1. The molecule has 25 heavy (non-hydrogen) atoms. The maximum Gasteiger partial charge on any atom is 0.359 e. The number of methoxy groups -OCH3 is 1. The Bertz CT molecular complexity index is 928. The molecule has 0 aliphatic carbocycles. The Hall–Kier alpha value is -3.15. The molecule has 0 radical (unpaired) electrons. The number of hydrogen-bond acceptors (Lipinski definition) is 5. The highest BCUT2D eigenvalue weighted by Crippen LogP contribution is 2.15. The third-order valence-electron chi connectivity index (χ3n) is 3.93. The van der Waals surface area contributed by atoms with Gasteiger partial charge in [0.1, 0.15) is 11.4 Å². The lowest BCUT2D eigenvalue weighted by molar-refractivity contribution is 0.0313. The molecule has 0 fully saturated rings. The van der Waals surface area contributed by atoms with Crippen LogP contribution in [-0.4, -0.2) is 34.4 Å². The zero-order chi connectivity index (χ0) is 18.0. The molecule has 3 aromatic rings. The van der Waals surface area contributed by atoms with E-state index in [1.54, 1.807) is 55.0 Å². The van der Waals surface area contributed by atoms with Gasteiger partial charge in [0.15, 0.2) is 11.8 Å². The van der Waals surface area contributed by atoms with E-state index in [4.69, 9.17) is 9.47 Å². The summed E-state index contributed by atoms with van der Waals surface area (Å²) in [6.45, 7) is 3.46. The summed E-state index contributed by atoms with van der Waals surface area (Å²) in [5.74, 6) is -0.255. The molecule has 1 aromatic carbocycles. The van der Waals surface area contributed by atoms with Gasteiger partial charge in [0, 0.05) is 17.5 Å². The Morgan fingerprint density at radius 3 is 2.48 bits per heavy atom. The molecule has 128 valence electrons. The molecule has 0 bridgehead atoms. The number of esters is 1. The summed E-state index contributed by atoms with van der Waals surface area (Å²) in [4.78, 5) is 28.9. The highest BCUT2D eigenvalue weighted by atomic mass is 16.5. The van der Waals surface area contributed by atoms with Gasteiger partial charge in [-0.1, -0.05) is 6.07 Å². The van der Waals surface area contributed by atoms with Crippen LogP contribution >= 0.6 is 0 Å². The van der Waals surface area contributed by atoms with Crippen LogP contribution in [-0.2, 0) is 4.74 Å². The van der Waals surface area contributed by atoms with Crippen LogP contribution in [0.5, 0.6) is 5.75 Å². The molecular formula is C19H18N2O4. The number of aryl methyl sites for hydroxylation is 1. The van der Waals surface area contributed by atoms with Gasteiger partial charge in [0.2, 0.25) is 5.78 Å². The van der Waals surface area contributed by atoms with Crippen molar-refractivity contribution in [3.63, 3.8) is 0 Å². The van der Waals surface area contributed by atoms with Crippen LogP contribution in [0.3, 0.4) is 0 Å². The standard InChI is InChI=1S/C19H18N2O4/c1-12-5-4-6-17-20-16(11-21(12)17)19(23)25-13(2)18(22)14-7-9-15(24-3)10-8-14/h4-11,13H,1-3H3. The average molecular weight is 338 g/mol. The predicted molar refractivity (Wildman–Crippen MR) is 92.1 cm³/mol. The highest BCUT2D eigenvalue weighted by molar-refractivity contribution is 6.01. The van der Waals surface area contributed by atoms with Gasteiger partial charge in [-0.2, -0.15) is 0 Å². The summed E-state index contributed by atoms with van der Waals surface area (Å²) in [7, 11) is 1.55. The Balaban J connectivity index is 1.74. The molecule has 0 amide bonds. The van der Waals surface area contributed by atoms with E-state index in [9.17, 15) is 9.59 Å². The second-order valence-electron chi connectivity index (χ2n) is 5.66. The Morgan fingerprint density at radius 1 is 1.12 bits per heavy atom. The lowest BCUT2D eigenvalue weighted by Crippen LogP contribution is -2.24. The fourth-order valence-corrected chi connectivity index (χ4v) is 2.51. The van der Waals surface area contributed by atoms with Crippen molar-refractivity contribution in [3.8, 4) is 5.75 Å². The van der Waals surface area contributed by atoms with E-state index in [1.807, 2.05) is 19.1 Å². The summed E-state index contributed by atoms with van der Waals surface area (Å²) in [5, 5.41) is 0. The van der Waals surface area contributed by atoms with Gasteiger partial charge in [-0.3, -0.25) is 4.79 Å². The molecule has 0 aliphatic heterocycles. The van der Waals surface area contributed by atoms with Crippen molar-refractivity contribution in [2.45, 2.75) is 20.0 Å². The van der Waals surface area contributed by atoms with Crippen molar-refractivity contribution < 1.29 is 19.1 Å². The fraction of sp³-hybridized carbons (Fsp3) is 0.211. The molecule has 0 saturated carbocycles. The Labute approximate surface area is 145 Å². The minimum Gasteiger partial charge on any atom is -0.497 e. The lowest BCUT2D eigenvalue weighted by atomic mass is 10.1. The molecule has 2 heterocycles. The van der Waals surface area contributed by atoms with Gasteiger partial charge in [-0.05, 0) is 50.2 Å². The number of hydrogen-bond donors (Lipinski definition) is 0. The van der Waals surface area contributed by atoms with E-state index < -0.39 is 12.1 Å². The number of rotatable bonds is 5. The Kier molecular flexibility index (Phi) is 4.52.